The van der Waals surface area contributed by atoms with Gasteiger partial charge in [0.2, 0.25) is 0 Å². The Bertz CT molecular complexity index is 281. The molecule has 0 aliphatic heterocycles. The largest absolute Gasteiger partial charge is 0.379 e. The van der Waals surface area contributed by atoms with Crippen LogP contribution in [-0.2, 0) is 4.74 Å². The van der Waals surface area contributed by atoms with Crippen molar-refractivity contribution in [1.82, 2.24) is 10.6 Å². The Morgan fingerprint density at radius 2 is 1.95 bits per heavy atom. The number of aliphatic imine (C=N–C) groups is 1. The molecule has 0 spiro atoms. The summed E-state index contributed by atoms with van der Waals surface area (Å²) in [6.07, 6.45) is 5.12. The number of nitrogens with zero attached hydrogens (tertiary/aromatic N) is 1. The monoisotopic (exact) mass is 411 g/mol. The van der Waals surface area contributed by atoms with Gasteiger partial charge in [-0.2, -0.15) is 0 Å². The predicted octanol–water partition coefficient (Wildman–Crippen LogP) is 3.41. The fraction of sp³-hybridized carbons (Fsp3) is 0.938. The van der Waals surface area contributed by atoms with E-state index in [4.69, 9.17) is 4.74 Å². The molecule has 1 aliphatic rings. The summed E-state index contributed by atoms with van der Waals surface area (Å²) in [6.45, 7) is 12.1. The van der Waals surface area contributed by atoms with Crippen LogP contribution in [0.15, 0.2) is 4.99 Å². The van der Waals surface area contributed by atoms with Gasteiger partial charge < -0.3 is 15.4 Å². The molecule has 1 fully saturated rings. The number of rotatable bonds is 10. The van der Waals surface area contributed by atoms with Crippen LogP contribution in [0, 0.1) is 11.8 Å². The molecule has 0 aromatic heterocycles. The summed E-state index contributed by atoms with van der Waals surface area (Å²) in [5, 5.41) is 6.77. The van der Waals surface area contributed by atoms with Gasteiger partial charge in [0.25, 0.3) is 0 Å². The van der Waals surface area contributed by atoms with Gasteiger partial charge in [0.1, 0.15) is 0 Å². The molecule has 0 aromatic rings. The van der Waals surface area contributed by atoms with E-state index in [9.17, 15) is 0 Å². The van der Waals surface area contributed by atoms with Gasteiger partial charge in [-0.15, -0.1) is 24.0 Å². The lowest BCUT2D eigenvalue weighted by molar-refractivity contribution is 0.131. The van der Waals surface area contributed by atoms with Gasteiger partial charge in [-0.25, -0.2) is 0 Å². The molecule has 4 nitrogen and oxygen atoms in total. The smallest absolute Gasteiger partial charge is 0.191 e. The molecule has 0 heterocycles. The molecule has 1 rings (SSSR count). The standard InChI is InChI=1S/C16H33N3O.HI/c1-5-17-16(19-14(4)7-6-13(2)3)18-10-11-20-12-15-8-9-15;/h13-15H,5-12H2,1-4H3,(H2,17,18,19);1H. The molecule has 5 heteroatoms. The van der Waals surface area contributed by atoms with E-state index in [0.717, 1.165) is 44.1 Å². The van der Waals surface area contributed by atoms with Crippen molar-refractivity contribution in [1.29, 1.82) is 0 Å². The first-order chi connectivity index (χ1) is 9.61. The highest BCUT2D eigenvalue weighted by Crippen LogP contribution is 2.28. The maximum absolute atomic E-state index is 5.61. The van der Waals surface area contributed by atoms with E-state index in [1.807, 2.05) is 0 Å². The van der Waals surface area contributed by atoms with Crippen LogP contribution in [0.1, 0.15) is 53.4 Å². The van der Waals surface area contributed by atoms with E-state index in [1.165, 1.54) is 25.7 Å². The van der Waals surface area contributed by atoms with Crippen molar-refractivity contribution >= 4 is 29.9 Å². The van der Waals surface area contributed by atoms with Crippen LogP contribution in [0.3, 0.4) is 0 Å². The van der Waals surface area contributed by atoms with Gasteiger partial charge in [0.15, 0.2) is 5.96 Å². The topological polar surface area (TPSA) is 45.7 Å². The van der Waals surface area contributed by atoms with Gasteiger partial charge in [0, 0.05) is 19.2 Å². The third kappa shape index (κ3) is 12.2. The van der Waals surface area contributed by atoms with Crippen molar-refractivity contribution in [3.8, 4) is 0 Å². The predicted molar refractivity (Wildman–Crippen MR) is 102 cm³/mol. The minimum atomic E-state index is 0. The quantitative estimate of drug-likeness (QED) is 0.251. The van der Waals surface area contributed by atoms with E-state index in [2.05, 4.69) is 43.3 Å². The fourth-order valence-electron chi connectivity index (χ4n) is 1.97. The highest BCUT2D eigenvalue weighted by Gasteiger charge is 2.20. The Morgan fingerprint density at radius 1 is 1.24 bits per heavy atom. The van der Waals surface area contributed by atoms with E-state index < -0.39 is 0 Å². The van der Waals surface area contributed by atoms with E-state index in [-0.39, 0.29) is 24.0 Å². The van der Waals surface area contributed by atoms with Crippen molar-refractivity contribution in [3.63, 3.8) is 0 Å². The molecular weight excluding hydrogens is 377 g/mol. The van der Waals surface area contributed by atoms with Crippen LogP contribution in [0.25, 0.3) is 0 Å². The lowest BCUT2D eigenvalue weighted by atomic mass is 10.0. The van der Waals surface area contributed by atoms with Crippen molar-refractivity contribution in [2.75, 3.05) is 26.3 Å². The minimum absolute atomic E-state index is 0. The summed E-state index contributed by atoms with van der Waals surface area (Å²) < 4.78 is 5.61. The van der Waals surface area contributed by atoms with Crippen LogP contribution >= 0.6 is 24.0 Å². The molecule has 0 bridgehead atoms. The Kier molecular flexibility index (Phi) is 12.5. The van der Waals surface area contributed by atoms with Gasteiger partial charge in [-0.05, 0) is 51.4 Å². The van der Waals surface area contributed by atoms with Crippen LogP contribution < -0.4 is 10.6 Å². The molecule has 2 N–H and O–H groups in total. The number of hydrogen-bond acceptors (Lipinski definition) is 2. The summed E-state index contributed by atoms with van der Waals surface area (Å²) in [5.74, 6) is 2.51. The Morgan fingerprint density at radius 3 is 2.52 bits per heavy atom. The molecule has 0 amide bonds. The second-order valence-electron chi connectivity index (χ2n) is 6.30. The Labute approximate surface area is 147 Å². The first-order valence-electron chi connectivity index (χ1n) is 8.24. The first kappa shape index (κ1) is 21.0. The third-order valence-electron chi connectivity index (χ3n) is 3.46. The summed E-state index contributed by atoms with van der Waals surface area (Å²) in [5.41, 5.74) is 0. The van der Waals surface area contributed by atoms with E-state index >= 15 is 0 Å². The highest BCUT2D eigenvalue weighted by molar-refractivity contribution is 14.0. The van der Waals surface area contributed by atoms with Gasteiger partial charge in [-0.3, -0.25) is 4.99 Å². The van der Waals surface area contributed by atoms with Crippen molar-refractivity contribution in [2.45, 2.75) is 59.4 Å². The first-order valence-corrected chi connectivity index (χ1v) is 8.24. The van der Waals surface area contributed by atoms with E-state index in [1.54, 1.807) is 0 Å². The lowest BCUT2D eigenvalue weighted by Crippen LogP contribution is -2.42. The van der Waals surface area contributed by atoms with Crippen LogP contribution in [0.4, 0.5) is 0 Å². The highest BCUT2D eigenvalue weighted by atomic mass is 127. The normalized spacial score (nSPS) is 16.5. The second kappa shape index (κ2) is 12.5. The summed E-state index contributed by atoms with van der Waals surface area (Å²) in [4.78, 5) is 4.57. The SMILES string of the molecule is CCNC(=NCCOCC1CC1)NC(C)CCC(C)C.I. The fourth-order valence-corrected chi connectivity index (χ4v) is 1.97. The molecule has 126 valence electrons. The minimum Gasteiger partial charge on any atom is -0.379 e. The van der Waals surface area contributed by atoms with Crippen LogP contribution in [-0.4, -0.2) is 38.3 Å². The Hall–Kier alpha value is -0.0400. The summed E-state index contributed by atoms with van der Waals surface area (Å²) in [6, 6.07) is 0.461. The molecule has 1 unspecified atom stereocenters. The molecule has 0 saturated heterocycles. The third-order valence-corrected chi connectivity index (χ3v) is 3.46. The van der Waals surface area contributed by atoms with Gasteiger partial charge in [-0.1, -0.05) is 13.8 Å². The maximum atomic E-state index is 5.61. The van der Waals surface area contributed by atoms with Crippen molar-refractivity contribution in [3.05, 3.63) is 0 Å². The number of ether oxygens (including phenoxy) is 1. The zero-order valence-electron chi connectivity index (χ0n) is 14.2. The number of guanidine groups is 1. The molecule has 1 aliphatic carbocycles. The van der Waals surface area contributed by atoms with Crippen LogP contribution in [0.5, 0.6) is 0 Å². The average molecular weight is 411 g/mol. The zero-order chi connectivity index (χ0) is 14.8. The van der Waals surface area contributed by atoms with Crippen LogP contribution in [0.2, 0.25) is 0 Å². The molecular formula is C16H34IN3O. The van der Waals surface area contributed by atoms with Crippen molar-refractivity contribution in [2.24, 2.45) is 16.8 Å². The van der Waals surface area contributed by atoms with Gasteiger partial charge in [0.05, 0.1) is 13.2 Å². The lowest BCUT2D eigenvalue weighted by Gasteiger charge is -2.18. The summed E-state index contributed by atoms with van der Waals surface area (Å²) >= 11 is 0. The maximum Gasteiger partial charge on any atom is 0.191 e. The molecule has 0 aromatic carbocycles. The molecule has 1 atom stereocenters. The molecule has 21 heavy (non-hydrogen) atoms. The van der Waals surface area contributed by atoms with Crippen molar-refractivity contribution < 1.29 is 4.74 Å². The Balaban J connectivity index is 0.00000400. The summed E-state index contributed by atoms with van der Waals surface area (Å²) in [7, 11) is 0. The van der Waals surface area contributed by atoms with Gasteiger partial charge >= 0.3 is 0 Å². The average Bonchev–Trinajstić information content (AvgIpc) is 3.20. The zero-order valence-corrected chi connectivity index (χ0v) is 16.5. The second-order valence-corrected chi connectivity index (χ2v) is 6.30. The molecule has 0 radical (unpaired) electrons. The number of halogens is 1. The molecule has 1 saturated carbocycles. The number of nitrogens with one attached hydrogen (secondary N) is 2. The number of hydrogen-bond donors (Lipinski definition) is 2. The van der Waals surface area contributed by atoms with E-state index in [0.29, 0.717) is 6.04 Å².